The molecular weight excluding hydrogens is 458 g/mol. The summed E-state index contributed by atoms with van der Waals surface area (Å²) in [5.41, 5.74) is 7.29. The van der Waals surface area contributed by atoms with Gasteiger partial charge in [-0.1, -0.05) is 37.3 Å². The highest BCUT2D eigenvalue weighted by Gasteiger charge is 2.48. The Balaban J connectivity index is 1.24. The highest BCUT2D eigenvalue weighted by molar-refractivity contribution is 6.07. The molecule has 6 heteroatoms. The van der Waals surface area contributed by atoms with E-state index in [2.05, 4.69) is 87.5 Å². The fraction of sp³-hybridized carbons (Fsp3) is 0.258. The number of rotatable bonds is 4. The number of benzene rings is 3. The SMILES string of the molecule is CCN1CCC2(CC1)C(=O)Nc1ccc(-c3ccc4cnn(Cc5ccc6ncccc6c5)c4c3)cc12. The van der Waals surface area contributed by atoms with E-state index in [9.17, 15) is 4.79 Å². The summed E-state index contributed by atoms with van der Waals surface area (Å²) >= 11 is 0. The summed E-state index contributed by atoms with van der Waals surface area (Å²) < 4.78 is 2.07. The molecule has 6 nitrogen and oxygen atoms in total. The topological polar surface area (TPSA) is 63.1 Å². The van der Waals surface area contributed by atoms with Crippen LogP contribution in [-0.4, -0.2) is 45.2 Å². The molecule has 1 fully saturated rings. The normalized spacial score (nSPS) is 16.9. The van der Waals surface area contributed by atoms with Crippen LogP contribution in [0.15, 0.2) is 79.1 Å². The van der Waals surface area contributed by atoms with Crippen molar-refractivity contribution in [1.82, 2.24) is 19.7 Å². The molecule has 1 spiro atoms. The number of nitrogens with one attached hydrogen (secondary N) is 1. The van der Waals surface area contributed by atoms with Crippen molar-refractivity contribution in [1.29, 1.82) is 0 Å². The lowest BCUT2D eigenvalue weighted by molar-refractivity contribution is -0.122. The Hall–Kier alpha value is -4.03. The number of hydrogen-bond acceptors (Lipinski definition) is 4. The van der Waals surface area contributed by atoms with Crippen LogP contribution in [0, 0.1) is 0 Å². The van der Waals surface area contributed by atoms with Crippen molar-refractivity contribution >= 4 is 33.4 Å². The number of aromatic nitrogens is 3. The number of fused-ring (bicyclic) bond motifs is 4. The van der Waals surface area contributed by atoms with Gasteiger partial charge < -0.3 is 10.2 Å². The van der Waals surface area contributed by atoms with E-state index in [1.165, 1.54) is 5.56 Å². The fourth-order valence-electron chi connectivity index (χ4n) is 6.11. The number of anilines is 1. The van der Waals surface area contributed by atoms with Crippen LogP contribution in [0.2, 0.25) is 0 Å². The summed E-state index contributed by atoms with van der Waals surface area (Å²) in [5.74, 6) is 0.162. The number of amides is 1. The minimum atomic E-state index is -0.409. The van der Waals surface area contributed by atoms with E-state index in [-0.39, 0.29) is 5.91 Å². The number of carbonyl (C=O) groups is 1. The first-order valence-corrected chi connectivity index (χ1v) is 13.1. The molecule has 1 N–H and O–H groups in total. The second-order valence-corrected chi connectivity index (χ2v) is 10.3. The highest BCUT2D eigenvalue weighted by Crippen LogP contribution is 2.46. The van der Waals surface area contributed by atoms with Crippen LogP contribution in [0.3, 0.4) is 0 Å². The van der Waals surface area contributed by atoms with Gasteiger partial charge in [-0.25, -0.2) is 0 Å². The molecule has 4 heterocycles. The molecule has 0 unspecified atom stereocenters. The van der Waals surface area contributed by atoms with E-state index >= 15 is 0 Å². The monoisotopic (exact) mass is 487 g/mol. The molecule has 0 aliphatic carbocycles. The number of hydrogen-bond donors (Lipinski definition) is 1. The lowest BCUT2D eigenvalue weighted by atomic mass is 9.73. The van der Waals surface area contributed by atoms with E-state index in [1.54, 1.807) is 0 Å². The van der Waals surface area contributed by atoms with Crippen molar-refractivity contribution in [3.63, 3.8) is 0 Å². The Morgan fingerprint density at radius 3 is 2.65 bits per heavy atom. The lowest BCUT2D eigenvalue weighted by Crippen LogP contribution is -2.46. The van der Waals surface area contributed by atoms with Gasteiger partial charge in [0.25, 0.3) is 0 Å². The summed E-state index contributed by atoms with van der Waals surface area (Å²) in [6, 6.07) is 23.4. The molecule has 2 aliphatic heterocycles. The largest absolute Gasteiger partial charge is 0.325 e. The van der Waals surface area contributed by atoms with Gasteiger partial charge in [-0.3, -0.25) is 14.5 Å². The maximum atomic E-state index is 13.1. The quantitative estimate of drug-likeness (QED) is 0.358. The molecule has 1 amide bonds. The Morgan fingerprint density at radius 2 is 1.78 bits per heavy atom. The van der Waals surface area contributed by atoms with Gasteiger partial charge in [-0.05, 0) is 91.1 Å². The van der Waals surface area contributed by atoms with Gasteiger partial charge in [-0.15, -0.1) is 0 Å². The second kappa shape index (κ2) is 8.53. The zero-order valence-corrected chi connectivity index (χ0v) is 20.9. The molecule has 7 rings (SSSR count). The lowest BCUT2D eigenvalue weighted by Gasteiger charge is -2.37. The Labute approximate surface area is 215 Å². The standard InChI is InChI=1S/C31H29N5O/c1-2-35-14-11-31(12-15-35)26-17-22(8-10-28(26)34-30(31)37)23-6-7-25-19-33-36(29(25)18-23)20-21-5-9-27-24(16-21)4-3-13-32-27/h3-10,13,16-19H,2,11-12,14-15,20H2,1H3,(H,34,37). The summed E-state index contributed by atoms with van der Waals surface area (Å²) in [6.45, 7) is 5.84. The fourth-order valence-corrected chi connectivity index (χ4v) is 6.11. The first kappa shape index (κ1) is 22.2. The van der Waals surface area contributed by atoms with E-state index < -0.39 is 5.41 Å². The van der Waals surface area contributed by atoms with Gasteiger partial charge in [0.15, 0.2) is 0 Å². The van der Waals surface area contributed by atoms with Crippen molar-refractivity contribution in [2.45, 2.75) is 31.7 Å². The molecule has 37 heavy (non-hydrogen) atoms. The van der Waals surface area contributed by atoms with E-state index in [0.29, 0.717) is 6.54 Å². The second-order valence-electron chi connectivity index (χ2n) is 10.3. The zero-order chi connectivity index (χ0) is 25.0. The number of likely N-dealkylation sites (tertiary alicyclic amines) is 1. The Morgan fingerprint density at radius 1 is 0.946 bits per heavy atom. The zero-order valence-electron chi connectivity index (χ0n) is 20.9. The summed E-state index contributed by atoms with van der Waals surface area (Å²) in [7, 11) is 0. The Kier molecular flexibility index (Phi) is 5.11. The van der Waals surface area contributed by atoms with Crippen LogP contribution < -0.4 is 5.32 Å². The average Bonchev–Trinajstić information content (AvgIpc) is 3.46. The van der Waals surface area contributed by atoms with Crippen LogP contribution in [0.25, 0.3) is 32.9 Å². The van der Waals surface area contributed by atoms with Crippen molar-refractivity contribution in [3.8, 4) is 11.1 Å². The summed E-state index contributed by atoms with van der Waals surface area (Å²) in [5, 5.41) is 10.1. The number of piperidine rings is 1. The van der Waals surface area contributed by atoms with Crippen LogP contribution in [-0.2, 0) is 16.8 Å². The van der Waals surface area contributed by atoms with Crippen LogP contribution in [0.4, 0.5) is 5.69 Å². The predicted octanol–water partition coefficient (Wildman–Crippen LogP) is 5.61. The molecule has 0 atom stereocenters. The van der Waals surface area contributed by atoms with Gasteiger partial charge in [0, 0.05) is 22.7 Å². The minimum absolute atomic E-state index is 0.162. The maximum absolute atomic E-state index is 13.1. The number of pyridine rings is 1. The molecule has 184 valence electrons. The first-order chi connectivity index (χ1) is 18.1. The molecule has 2 aromatic heterocycles. The molecule has 0 radical (unpaired) electrons. The maximum Gasteiger partial charge on any atom is 0.235 e. The molecule has 3 aromatic carbocycles. The van der Waals surface area contributed by atoms with Gasteiger partial charge in [0.05, 0.1) is 29.2 Å². The molecule has 2 aliphatic rings. The van der Waals surface area contributed by atoms with E-state index in [1.807, 2.05) is 18.5 Å². The number of carbonyl (C=O) groups excluding carboxylic acids is 1. The molecule has 0 saturated carbocycles. The van der Waals surface area contributed by atoms with Gasteiger partial charge in [-0.2, -0.15) is 5.10 Å². The minimum Gasteiger partial charge on any atom is -0.325 e. The molecule has 5 aromatic rings. The smallest absolute Gasteiger partial charge is 0.235 e. The molecule has 1 saturated heterocycles. The van der Waals surface area contributed by atoms with Gasteiger partial charge in [0.2, 0.25) is 5.91 Å². The van der Waals surface area contributed by atoms with Crippen molar-refractivity contribution in [2.75, 3.05) is 25.0 Å². The summed E-state index contributed by atoms with van der Waals surface area (Å²) in [6.07, 6.45) is 5.50. The first-order valence-electron chi connectivity index (χ1n) is 13.1. The van der Waals surface area contributed by atoms with E-state index in [0.717, 1.165) is 76.7 Å². The highest BCUT2D eigenvalue weighted by atomic mass is 16.2. The third kappa shape index (κ3) is 3.63. The third-order valence-electron chi connectivity index (χ3n) is 8.35. The van der Waals surface area contributed by atoms with Crippen molar-refractivity contribution in [3.05, 3.63) is 90.3 Å². The van der Waals surface area contributed by atoms with Crippen molar-refractivity contribution in [2.24, 2.45) is 0 Å². The third-order valence-corrected chi connectivity index (χ3v) is 8.35. The number of nitrogens with zero attached hydrogens (tertiary/aromatic N) is 4. The van der Waals surface area contributed by atoms with E-state index in [4.69, 9.17) is 5.10 Å². The summed E-state index contributed by atoms with van der Waals surface area (Å²) in [4.78, 5) is 20.0. The van der Waals surface area contributed by atoms with Crippen molar-refractivity contribution < 1.29 is 4.79 Å². The average molecular weight is 488 g/mol. The van der Waals surface area contributed by atoms with Crippen LogP contribution in [0.5, 0.6) is 0 Å². The Bertz CT molecular complexity index is 1660. The molecular formula is C31H29N5O. The van der Waals surface area contributed by atoms with Crippen LogP contribution in [0.1, 0.15) is 30.9 Å². The van der Waals surface area contributed by atoms with Crippen LogP contribution >= 0.6 is 0 Å². The van der Waals surface area contributed by atoms with Gasteiger partial charge >= 0.3 is 0 Å². The predicted molar refractivity (Wildman–Crippen MR) is 148 cm³/mol. The molecule has 0 bridgehead atoms. The van der Waals surface area contributed by atoms with Gasteiger partial charge in [0.1, 0.15) is 0 Å².